The molecule has 146 valence electrons. The van der Waals surface area contributed by atoms with Crippen molar-refractivity contribution in [2.75, 3.05) is 11.9 Å². The first-order chi connectivity index (χ1) is 13.3. The summed E-state index contributed by atoms with van der Waals surface area (Å²) in [4.78, 5) is 47.2. The van der Waals surface area contributed by atoms with E-state index in [2.05, 4.69) is 5.32 Å². The number of rotatable bonds is 8. The standard InChI is InChI=1S/C22H23NO5/c1-14-4-5-15(2)19(12-14)20(25)10-11-22(27)28-13-21(26)23-18-8-6-17(7-9-18)16(3)24/h4-9,12H,10-11,13H2,1-3H3,(H,23,26). The van der Waals surface area contributed by atoms with Crippen LogP contribution in [0.2, 0.25) is 0 Å². The quantitative estimate of drug-likeness (QED) is 0.557. The molecule has 6 nitrogen and oxygen atoms in total. The van der Waals surface area contributed by atoms with Gasteiger partial charge in [-0.25, -0.2) is 0 Å². The molecule has 0 heterocycles. The zero-order valence-electron chi connectivity index (χ0n) is 16.2. The maximum absolute atomic E-state index is 12.3. The fourth-order valence-corrected chi connectivity index (χ4v) is 2.59. The van der Waals surface area contributed by atoms with Crippen LogP contribution in [-0.4, -0.2) is 30.0 Å². The van der Waals surface area contributed by atoms with E-state index in [0.29, 0.717) is 16.8 Å². The Bertz CT molecular complexity index is 900. The molecule has 0 aromatic heterocycles. The van der Waals surface area contributed by atoms with Crippen LogP contribution >= 0.6 is 0 Å². The van der Waals surface area contributed by atoms with Gasteiger partial charge in [-0.1, -0.05) is 17.7 Å². The predicted octanol–water partition coefficient (Wildman–Crippen LogP) is 3.65. The average molecular weight is 381 g/mol. The number of carbonyl (C=O) groups is 4. The van der Waals surface area contributed by atoms with Gasteiger partial charge >= 0.3 is 5.97 Å². The minimum atomic E-state index is -0.610. The molecule has 0 aliphatic heterocycles. The van der Waals surface area contributed by atoms with Gasteiger partial charge in [0.05, 0.1) is 6.42 Å². The number of ether oxygens (including phenoxy) is 1. The Hall–Kier alpha value is -3.28. The summed E-state index contributed by atoms with van der Waals surface area (Å²) in [5.41, 5.74) is 3.47. The predicted molar refractivity (Wildman–Crippen MR) is 106 cm³/mol. The fourth-order valence-electron chi connectivity index (χ4n) is 2.59. The van der Waals surface area contributed by atoms with Gasteiger partial charge in [-0.2, -0.15) is 0 Å². The molecule has 0 unspecified atom stereocenters. The van der Waals surface area contributed by atoms with Crippen molar-refractivity contribution in [3.63, 3.8) is 0 Å². The first kappa shape index (κ1) is 21.0. The highest BCUT2D eigenvalue weighted by atomic mass is 16.5. The SMILES string of the molecule is CC(=O)c1ccc(NC(=O)COC(=O)CCC(=O)c2cc(C)ccc2C)cc1. The molecular formula is C22H23NO5. The van der Waals surface area contributed by atoms with E-state index in [-0.39, 0.29) is 24.4 Å². The number of hydrogen-bond donors (Lipinski definition) is 1. The Morgan fingerprint density at radius 1 is 0.929 bits per heavy atom. The van der Waals surface area contributed by atoms with Crippen molar-refractivity contribution in [2.45, 2.75) is 33.6 Å². The lowest BCUT2D eigenvalue weighted by molar-refractivity contribution is -0.147. The second-order valence-electron chi connectivity index (χ2n) is 6.58. The van der Waals surface area contributed by atoms with E-state index >= 15 is 0 Å². The van der Waals surface area contributed by atoms with E-state index in [9.17, 15) is 19.2 Å². The first-order valence-electron chi connectivity index (χ1n) is 8.93. The van der Waals surface area contributed by atoms with Gasteiger partial charge in [0.25, 0.3) is 5.91 Å². The summed E-state index contributed by atoms with van der Waals surface area (Å²) in [5.74, 6) is -1.30. The fraction of sp³-hybridized carbons (Fsp3) is 0.273. The van der Waals surface area contributed by atoms with Crippen LogP contribution in [0.5, 0.6) is 0 Å². The smallest absolute Gasteiger partial charge is 0.306 e. The van der Waals surface area contributed by atoms with Gasteiger partial charge in [0, 0.05) is 23.2 Å². The number of esters is 1. The zero-order valence-corrected chi connectivity index (χ0v) is 16.2. The lowest BCUT2D eigenvalue weighted by Gasteiger charge is -2.08. The third-order valence-corrected chi connectivity index (χ3v) is 4.19. The number of nitrogens with one attached hydrogen (secondary N) is 1. The van der Waals surface area contributed by atoms with Crippen LogP contribution in [-0.2, 0) is 14.3 Å². The molecule has 0 spiro atoms. The topological polar surface area (TPSA) is 89.5 Å². The molecule has 2 rings (SSSR count). The molecule has 0 atom stereocenters. The van der Waals surface area contributed by atoms with E-state index in [1.165, 1.54) is 6.92 Å². The van der Waals surface area contributed by atoms with E-state index in [1.54, 1.807) is 30.3 Å². The summed E-state index contributed by atoms with van der Waals surface area (Å²) >= 11 is 0. The summed E-state index contributed by atoms with van der Waals surface area (Å²) in [7, 11) is 0. The third kappa shape index (κ3) is 6.16. The van der Waals surface area contributed by atoms with Crippen molar-refractivity contribution >= 4 is 29.1 Å². The number of hydrogen-bond acceptors (Lipinski definition) is 5. The highest BCUT2D eigenvalue weighted by Crippen LogP contribution is 2.14. The van der Waals surface area contributed by atoms with Crippen LogP contribution in [0.15, 0.2) is 42.5 Å². The number of amides is 1. The number of benzene rings is 2. The van der Waals surface area contributed by atoms with Crippen LogP contribution in [0.4, 0.5) is 5.69 Å². The van der Waals surface area contributed by atoms with Crippen LogP contribution in [0.3, 0.4) is 0 Å². The minimum Gasteiger partial charge on any atom is -0.456 e. The third-order valence-electron chi connectivity index (χ3n) is 4.19. The van der Waals surface area contributed by atoms with Gasteiger partial charge in [0.15, 0.2) is 18.2 Å². The van der Waals surface area contributed by atoms with Crippen LogP contribution in [0, 0.1) is 13.8 Å². The lowest BCUT2D eigenvalue weighted by Crippen LogP contribution is -2.21. The van der Waals surface area contributed by atoms with Crippen LogP contribution in [0.1, 0.15) is 51.6 Å². The highest BCUT2D eigenvalue weighted by Gasteiger charge is 2.14. The maximum Gasteiger partial charge on any atom is 0.306 e. The molecule has 0 fully saturated rings. The van der Waals surface area contributed by atoms with Gasteiger partial charge in [-0.3, -0.25) is 19.2 Å². The second-order valence-corrected chi connectivity index (χ2v) is 6.58. The molecule has 0 saturated carbocycles. The summed E-state index contributed by atoms with van der Waals surface area (Å²) < 4.78 is 4.92. The van der Waals surface area contributed by atoms with Gasteiger partial charge in [-0.05, 0) is 56.7 Å². The average Bonchev–Trinajstić information content (AvgIpc) is 2.66. The molecule has 6 heteroatoms. The Labute approximate surface area is 163 Å². The zero-order chi connectivity index (χ0) is 20.7. The van der Waals surface area contributed by atoms with Gasteiger partial charge in [-0.15, -0.1) is 0 Å². The Kier molecular flexibility index (Phi) is 7.21. The summed E-state index contributed by atoms with van der Waals surface area (Å²) in [6.45, 7) is 4.76. The van der Waals surface area contributed by atoms with Crippen molar-refractivity contribution in [3.8, 4) is 0 Å². The number of aryl methyl sites for hydroxylation is 2. The monoisotopic (exact) mass is 381 g/mol. The summed E-state index contributed by atoms with van der Waals surface area (Å²) in [6, 6.07) is 12.0. The molecule has 0 aliphatic carbocycles. The van der Waals surface area contributed by atoms with Crippen molar-refractivity contribution < 1.29 is 23.9 Å². The van der Waals surface area contributed by atoms with Crippen LogP contribution < -0.4 is 5.32 Å². The van der Waals surface area contributed by atoms with Crippen molar-refractivity contribution in [1.82, 2.24) is 0 Å². The lowest BCUT2D eigenvalue weighted by atomic mass is 9.99. The number of carbonyl (C=O) groups excluding carboxylic acids is 4. The number of Topliss-reactive ketones (excluding diaryl/α,β-unsaturated/α-hetero) is 2. The van der Waals surface area contributed by atoms with Crippen molar-refractivity contribution in [2.24, 2.45) is 0 Å². The molecule has 2 aromatic rings. The normalized spacial score (nSPS) is 10.2. The Balaban J connectivity index is 1.77. The minimum absolute atomic E-state index is 0.0251. The molecule has 28 heavy (non-hydrogen) atoms. The first-order valence-corrected chi connectivity index (χ1v) is 8.93. The second kappa shape index (κ2) is 9.60. The van der Waals surface area contributed by atoms with E-state index in [1.807, 2.05) is 26.0 Å². The van der Waals surface area contributed by atoms with E-state index in [4.69, 9.17) is 4.74 Å². The van der Waals surface area contributed by atoms with E-state index < -0.39 is 18.5 Å². The molecule has 1 amide bonds. The molecule has 0 bridgehead atoms. The van der Waals surface area contributed by atoms with Crippen molar-refractivity contribution in [3.05, 3.63) is 64.7 Å². The summed E-state index contributed by atoms with van der Waals surface area (Å²) in [6.07, 6.45) is -0.0654. The number of anilines is 1. The number of ketones is 2. The largest absolute Gasteiger partial charge is 0.456 e. The summed E-state index contributed by atoms with van der Waals surface area (Å²) in [5, 5.41) is 2.57. The van der Waals surface area contributed by atoms with E-state index in [0.717, 1.165) is 11.1 Å². The molecule has 0 saturated heterocycles. The Morgan fingerprint density at radius 3 is 2.25 bits per heavy atom. The van der Waals surface area contributed by atoms with Gasteiger partial charge in [0.1, 0.15) is 0 Å². The van der Waals surface area contributed by atoms with Crippen molar-refractivity contribution in [1.29, 1.82) is 0 Å². The van der Waals surface area contributed by atoms with Gasteiger partial charge < -0.3 is 10.1 Å². The maximum atomic E-state index is 12.3. The Morgan fingerprint density at radius 2 is 1.61 bits per heavy atom. The van der Waals surface area contributed by atoms with Crippen LogP contribution in [0.25, 0.3) is 0 Å². The molecule has 1 N–H and O–H groups in total. The molecule has 0 aliphatic rings. The molecular weight excluding hydrogens is 358 g/mol. The highest BCUT2D eigenvalue weighted by molar-refractivity contribution is 5.99. The molecule has 0 radical (unpaired) electrons. The van der Waals surface area contributed by atoms with Gasteiger partial charge in [0.2, 0.25) is 0 Å². The molecule has 2 aromatic carbocycles.